The molecule has 0 saturated heterocycles. The fourth-order valence-electron chi connectivity index (χ4n) is 3.38. The van der Waals surface area contributed by atoms with E-state index in [2.05, 4.69) is 43.3 Å². The molecule has 0 spiro atoms. The summed E-state index contributed by atoms with van der Waals surface area (Å²) in [6, 6.07) is 16.1. The maximum Gasteiger partial charge on any atom is 0.272 e. The maximum atomic E-state index is 12.5. The summed E-state index contributed by atoms with van der Waals surface area (Å²) in [6.07, 6.45) is 0. The average molecular weight is 373 g/mol. The number of nitrogens with one attached hydrogen (secondary N) is 2. The molecule has 0 aliphatic carbocycles. The summed E-state index contributed by atoms with van der Waals surface area (Å²) in [5, 5.41) is 10.1. The van der Waals surface area contributed by atoms with Gasteiger partial charge in [-0.25, -0.2) is 4.98 Å². The number of benzene rings is 2. The number of aryl methyl sites for hydroxylation is 3. The zero-order valence-electron chi connectivity index (χ0n) is 16.3. The highest BCUT2D eigenvalue weighted by atomic mass is 16.1. The van der Waals surface area contributed by atoms with Crippen molar-refractivity contribution >= 4 is 16.9 Å². The molecule has 4 rings (SSSR count). The topological polar surface area (TPSA) is 75.6 Å². The fraction of sp³-hybridized carbons (Fsp3) is 0.227. The molecule has 2 heterocycles. The minimum Gasteiger partial charge on any atom is -0.347 e. The minimum atomic E-state index is -0.185. The third-order valence-electron chi connectivity index (χ3n) is 4.98. The summed E-state index contributed by atoms with van der Waals surface area (Å²) in [6.45, 7) is 7.15. The summed E-state index contributed by atoms with van der Waals surface area (Å²) >= 11 is 0. The van der Waals surface area contributed by atoms with Gasteiger partial charge < -0.3 is 9.88 Å². The van der Waals surface area contributed by atoms with Crippen LogP contribution in [-0.2, 0) is 13.1 Å². The third-order valence-corrected chi connectivity index (χ3v) is 4.98. The second-order valence-electron chi connectivity index (χ2n) is 7.12. The van der Waals surface area contributed by atoms with Gasteiger partial charge in [-0.3, -0.25) is 9.89 Å². The number of rotatable bonds is 5. The Hall–Kier alpha value is -3.41. The Bertz CT molecular complexity index is 1150. The zero-order chi connectivity index (χ0) is 19.7. The van der Waals surface area contributed by atoms with Crippen LogP contribution in [0.4, 0.5) is 0 Å². The molecule has 0 fully saturated rings. The first-order valence-electron chi connectivity index (χ1n) is 9.32. The number of para-hydroxylation sites is 2. The monoisotopic (exact) mass is 373 g/mol. The van der Waals surface area contributed by atoms with Crippen molar-refractivity contribution in [2.45, 2.75) is 33.9 Å². The van der Waals surface area contributed by atoms with Gasteiger partial charge in [0.25, 0.3) is 5.91 Å². The number of hydrogen-bond donors (Lipinski definition) is 2. The van der Waals surface area contributed by atoms with E-state index in [4.69, 9.17) is 0 Å². The second-order valence-corrected chi connectivity index (χ2v) is 7.12. The Balaban J connectivity index is 1.47. The highest BCUT2D eigenvalue weighted by molar-refractivity contribution is 5.92. The zero-order valence-corrected chi connectivity index (χ0v) is 16.3. The lowest BCUT2D eigenvalue weighted by Crippen LogP contribution is -2.23. The van der Waals surface area contributed by atoms with E-state index in [9.17, 15) is 4.79 Å². The molecule has 0 aliphatic heterocycles. The highest BCUT2D eigenvalue weighted by Gasteiger charge is 2.13. The second kappa shape index (κ2) is 7.31. The van der Waals surface area contributed by atoms with Crippen LogP contribution in [-0.4, -0.2) is 25.7 Å². The standard InChI is InChI=1S/C22H23N5O/c1-14-8-9-15(2)17(10-14)12-23-22(28)20-11-18(25-26-20)13-27-16(3)24-19-6-4-5-7-21(19)27/h4-11H,12-13H2,1-3H3,(H,23,28)(H,25,26). The van der Waals surface area contributed by atoms with Crippen molar-refractivity contribution in [3.8, 4) is 0 Å². The predicted molar refractivity (Wildman–Crippen MR) is 109 cm³/mol. The van der Waals surface area contributed by atoms with Crippen molar-refractivity contribution in [1.82, 2.24) is 25.1 Å². The van der Waals surface area contributed by atoms with Gasteiger partial charge in [-0.1, -0.05) is 35.9 Å². The smallest absolute Gasteiger partial charge is 0.272 e. The Morgan fingerprint density at radius 2 is 1.93 bits per heavy atom. The number of amides is 1. The van der Waals surface area contributed by atoms with E-state index >= 15 is 0 Å². The number of aromatic nitrogens is 4. The van der Waals surface area contributed by atoms with Gasteiger partial charge in [-0.2, -0.15) is 5.10 Å². The molecule has 0 saturated carbocycles. The molecule has 4 aromatic rings. The molecular formula is C22H23N5O. The third kappa shape index (κ3) is 3.53. The SMILES string of the molecule is Cc1ccc(C)c(CNC(=O)c2cc(Cn3c(C)nc4ccccc43)[nH]n2)c1. The first-order chi connectivity index (χ1) is 13.5. The van der Waals surface area contributed by atoms with Crippen molar-refractivity contribution in [3.05, 3.63) is 82.4 Å². The van der Waals surface area contributed by atoms with E-state index in [1.165, 1.54) is 5.56 Å². The quantitative estimate of drug-likeness (QED) is 0.560. The Morgan fingerprint density at radius 3 is 2.79 bits per heavy atom. The van der Waals surface area contributed by atoms with E-state index < -0.39 is 0 Å². The molecule has 0 aliphatic rings. The van der Waals surface area contributed by atoms with Gasteiger partial charge in [-0.05, 0) is 50.1 Å². The van der Waals surface area contributed by atoms with Crippen LogP contribution >= 0.6 is 0 Å². The molecule has 0 atom stereocenters. The summed E-state index contributed by atoms with van der Waals surface area (Å²) in [4.78, 5) is 17.1. The number of aromatic amines is 1. The van der Waals surface area contributed by atoms with Gasteiger partial charge in [0.15, 0.2) is 0 Å². The van der Waals surface area contributed by atoms with E-state index in [-0.39, 0.29) is 5.91 Å². The average Bonchev–Trinajstić information content (AvgIpc) is 3.27. The minimum absolute atomic E-state index is 0.185. The van der Waals surface area contributed by atoms with E-state index in [1.54, 1.807) is 6.07 Å². The molecule has 2 aromatic carbocycles. The lowest BCUT2D eigenvalue weighted by atomic mass is 10.1. The van der Waals surface area contributed by atoms with Crippen molar-refractivity contribution in [1.29, 1.82) is 0 Å². The van der Waals surface area contributed by atoms with Crippen LogP contribution in [0.15, 0.2) is 48.5 Å². The molecule has 28 heavy (non-hydrogen) atoms. The van der Waals surface area contributed by atoms with E-state index in [1.807, 2.05) is 45.0 Å². The molecule has 1 amide bonds. The Kier molecular flexibility index (Phi) is 4.69. The van der Waals surface area contributed by atoms with Gasteiger partial charge in [0, 0.05) is 6.54 Å². The van der Waals surface area contributed by atoms with Crippen LogP contribution in [0, 0.1) is 20.8 Å². The number of imidazole rings is 1. The van der Waals surface area contributed by atoms with Crippen LogP contribution < -0.4 is 5.32 Å². The normalized spacial score (nSPS) is 11.1. The summed E-state index contributed by atoms with van der Waals surface area (Å²) in [7, 11) is 0. The van der Waals surface area contributed by atoms with E-state index in [0.29, 0.717) is 18.8 Å². The summed E-state index contributed by atoms with van der Waals surface area (Å²) in [5.41, 5.74) is 6.74. The number of carbonyl (C=O) groups excluding carboxylic acids is 1. The lowest BCUT2D eigenvalue weighted by Gasteiger charge is -2.08. The molecule has 0 radical (unpaired) electrons. The Morgan fingerprint density at radius 1 is 1.11 bits per heavy atom. The van der Waals surface area contributed by atoms with Crippen LogP contribution in [0.2, 0.25) is 0 Å². The van der Waals surface area contributed by atoms with Crippen molar-refractivity contribution < 1.29 is 4.79 Å². The number of nitrogens with zero attached hydrogens (tertiary/aromatic N) is 3. The van der Waals surface area contributed by atoms with Crippen molar-refractivity contribution in [3.63, 3.8) is 0 Å². The van der Waals surface area contributed by atoms with Crippen LogP contribution in [0.1, 0.15) is 38.7 Å². The molecule has 0 unspecified atom stereocenters. The molecule has 6 nitrogen and oxygen atoms in total. The van der Waals surface area contributed by atoms with Crippen LogP contribution in [0.3, 0.4) is 0 Å². The number of carbonyl (C=O) groups is 1. The molecule has 2 aromatic heterocycles. The largest absolute Gasteiger partial charge is 0.347 e. The van der Waals surface area contributed by atoms with Gasteiger partial charge in [0.1, 0.15) is 11.5 Å². The molecule has 0 bridgehead atoms. The number of fused-ring (bicyclic) bond motifs is 1. The number of hydrogen-bond acceptors (Lipinski definition) is 3. The first kappa shape index (κ1) is 18.0. The van der Waals surface area contributed by atoms with Gasteiger partial charge in [-0.15, -0.1) is 0 Å². The lowest BCUT2D eigenvalue weighted by molar-refractivity contribution is 0.0946. The van der Waals surface area contributed by atoms with Crippen molar-refractivity contribution in [2.75, 3.05) is 0 Å². The first-order valence-corrected chi connectivity index (χ1v) is 9.32. The predicted octanol–water partition coefficient (Wildman–Crippen LogP) is 3.66. The molecule has 142 valence electrons. The molecule has 6 heteroatoms. The van der Waals surface area contributed by atoms with Crippen LogP contribution in [0.5, 0.6) is 0 Å². The molecular weight excluding hydrogens is 350 g/mol. The van der Waals surface area contributed by atoms with Gasteiger partial charge >= 0.3 is 0 Å². The van der Waals surface area contributed by atoms with Crippen molar-refractivity contribution in [2.24, 2.45) is 0 Å². The van der Waals surface area contributed by atoms with Crippen LogP contribution in [0.25, 0.3) is 11.0 Å². The summed E-state index contributed by atoms with van der Waals surface area (Å²) in [5.74, 6) is 0.743. The number of H-pyrrole nitrogens is 1. The fourth-order valence-corrected chi connectivity index (χ4v) is 3.38. The van der Waals surface area contributed by atoms with Gasteiger partial charge in [0.2, 0.25) is 0 Å². The van der Waals surface area contributed by atoms with E-state index in [0.717, 1.165) is 33.7 Å². The molecule has 2 N–H and O–H groups in total. The highest BCUT2D eigenvalue weighted by Crippen LogP contribution is 2.17. The maximum absolute atomic E-state index is 12.5. The summed E-state index contributed by atoms with van der Waals surface area (Å²) < 4.78 is 2.11. The Labute approximate surface area is 163 Å². The van der Waals surface area contributed by atoms with Gasteiger partial charge in [0.05, 0.1) is 23.3 Å².